The van der Waals surface area contributed by atoms with Crippen molar-refractivity contribution < 1.29 is 0 Å². The highest BCUT2D eigenvalue weighted by atomic mass is 35.5. The van der Waals surface area contributed by atoms with Crippen molar-refractivity contribution >= 4 is 34.8 Å². The molecule has 0 spiro atoms. The fraction of sp³-hybridized carbons (Fsp3) is 0.500. The summed E-state index contributed by atoms with van der Waals surface area (Å²) >= 11 is 15.9. The van der Waals surface area contributed by atoms with Crippen LogP contribution in [-0.4, -0.2) is 4.84 Å². The van der Waals surface area contributed by atoms with Crippen LogP contribution in [0, 0.1) is 0 Å². The molecule has 0 saturated heterocycles. The fourth-order valence-electron chi connectivity index (χ4n) is 0.0476. The molecule has 0 radical (unpaired) electrons. The lowest BCUT2D eigenvalue weighted by Crippen LogP contribution is -1.84. The van der Waals surface area contributed by atoms with E-state index in [1.807, 2.05) is 0 Å². The molecule has 0 aromatic heterocycles. The van der Waals surface area contributed by atoms with Crippen molar-refractivity contribution in [2.75, 3.05) is 0 Å². The Morgan fingerprint density at radius 1 is 1.57 bits per heavy atom. The zero-order valence-electron chi connectivity index (χ0n) is 3.79. The average Bonchev–Trinajstić information content (AvgIpc) is 1.65. The molecule has 0 aliphatic carbocycles. The summed E-state index contributed by atoms with van der Waals surface area (Å²) in [6.45, 7) is 1.76. The monoisotopic (exact) mass is 158 g/mol. The minimum atomic E-state index is -0.461. The Morgan fingerprint density at radius 3 is 2.00 bits per heavy atom. The van der Waals surface area contributed by atoms with Crippen molar-refractivity contribution in [1.29, 1.82) is 0 Å². The quantitative estimate of drug-likeness (QED) is 0.516. The van der Waals surface area contributed by atoms with Crippen LogP contribution in [0.1, 0.15) is 6.92 Å². The second kappa shape index (κ2) is 3.59. The van der Waals surface area contributed by atoms with E-state index >= 15 is 0 Å². The molecule has 0 atom stereocenters. The van der Waals surface area contributed by atoms with Gasteiger partial charge in [0.1, 0.15) is 4.84 Å². The van der Waals surface area contributed by atoms with Crippen LogP contribution in [0.2, 0.25) is 0 Å². The van der Waals surface area contributed by atoms with Gasteiger partial charge in [0.15, 0.2) is 0 Å². The molecule has 0 aliphatic rings. The summed E-state index contributed by atoms with van der Waals surface area (Å²) < 4.78 is 0. The molecule has 0 aromatic rings. The molecule has 0 amide bonds. The first-order chi connectivity index (χ1) is 3.18. The highest BCUT2D eigenvalue weighted by molar-refractivity contribution is 6.46. The number of alkyl halides is 2. The van der Waals surface area contributed by atoms with Gasteiger partial charge in [0, 0.05) is 5.54 Å². The third-order valence-corrected chi connectivity index (χ3v) is 1.55. The van der Waals surface area contributed by atoms with Gasteiger partial charge in [-0.2, -0.15) is 0 Å². The maximum atomic E-state index is 5.34. The van der Waals surface area contributed by atoms with Crippen molar-refractivity contribution in [3.05, 3.63) is 11.1 Å². The van der Waals surface area contributed by atoms with Crippen LogP contribution >= 0.6 is 34.8 Å². The number of hydrogen-bond donors (Lipinski definition) is 0. The van der Waals surface area contributed by atoms with Gasteiger partial charge >= 0.3 is 0 Å². The normalized spacial score (nSPS) is 13.0. The molecule has 3 heteroatoms. The van der Waals surface area contributed by atoms with E-state index in [1.165, 1.54) is 5.54 Å². The Morgan fingerprint density at radius 2 is 2.00 bits per heavy atom. The summed E-state index contributed by atoms with van der Waals surface area (Å²) in [5.41, 5.74) is 2.13. The van der Waals surface area contributed by atoms with Crippen molar-refractivity contribution in [3.63, 3.8) is 0 Å². The Hall–Kier alpha value is 0.610. The minimum Gasteiger partial charge on any atom is -0.100 e. The topological polar surface area (TPSA) is 0 Å². The number of halogens is 3. The van der Waals surface area contributed by atoms with Crippen LogP contribution in [0.5, 0.6) is 0 Å². The molecule has 0 heterocycles. The number of allylic oxidation sites excluding steroid dienone is 1. The summed E-state index contributed by atoms with van der Waals surface area (Å²) in [6, 6.07) is 0. The third-order valence-electron chi connectivity index (χ3n) is 0.516. The van der Waals surface area contributed by atoms with Crippen molar-refractivity contribution in [1.82, 2.24) is 0 Å². The fourth-order valence-corrected chi connectivity index (χ4v) is 0.429. The van der Waals surface area contributed by atoms with Gasteiger partial charge in [-0.3, -0.25) is 0 Å². The second-order valence-electron chi connectivity index (χ2n) is 1.15. The van der Waals surface area contributed by atoms with E-state index < -0.39 is 4.84 Å². The van der Waals surface area contributed by atoms with Crippen molar-refractivity contribution in [2.24, 2.45) is 0 Å². The molecule has 0 N–H and O–H groups in total. The van der Waals surface area contributed by atoms with Crippen LogP contribution in [0.3, 0.4) is 0 Å². The lowest BCUT2D eigenvalue weighted by atomic mass is 10.4. The van der Waals surface area contributed by atoms with Crippen LogP contribution in [-0.2, 0) is 0 Å². The van der Waals surface area contributed by atoms with Gasteiger partial charge < -0.3 is 0 Å². The van der Waals surface area contributed by atoms with Gasteiger partial charge in [-0.25, -0.2) is 0 Å². The molecule has 0 rings (SSSR count). The maximum Gasteiger partial charge on any atom is 0.129 e. The molecule has 0 bridgehead atoms. The molecule has 0 aliphatic heterocycles. The molecule has 7 heavy (non-hydrogen) atoms. The Bertz CT molecular complexity index is 75.0. The highest BCUT2D eigenvalue weighted by Gasteiger charge is 1.97. The average molecular weight is 159 g/mol. The molecule has 0 nitrogen and oxygen atoms in total. The van der Waals surface area contributed by atoms with E-state index in [0.717, 1.165) is 5.57 Å². The zero-order valence-corrected chi connectivity index (χ0v) is 6.06. The van der Waals surface area contributed by atoms with E-state index in [2.05, 4.69) is 0 Å². The van der Waals surface area contributed by atoms with Crippen LogP contribution < -0.4 is 0 Å². The smallest absolute Gasteiger partial charge is 0.100 e. The summed E-state index contributed by atoms with van der Waals surface area (Å²) in [5.74, 6) is 0. The predicted octanol–water partition coefficient (Wildman–Crippen LogP) is 2.93. The van der Waals surface area contributed by atoms with Crippen LogP contribution in [0.4, 0.5) is 0 Å². The van der Waals surface area contributed by atoms with E-state index in [0.29, 0.717) is 0 Å². The molecule has 0 saturated carbocycles. The van der Waals surface area contributed by atoms with Crippen molar-refractivity contribution in [2.45, 2.75) is 11.8 Å². The lowest BCUT2D eigenvalue weighted by Gasteiger charge is -1.94. The van der Waals surface area contributed by atoms with Crippen LogP contribution in [0.15, 0.2) is 11.1 Å². The second-order valence-corrected chi connectivity index (χ2v) is 2.47. The Kier molecular flexibility index (Phi) is 3.91. The molecule has 0 fully saturated rings. The maximum absolute atomic E-state index is 5.34. The van der Waals surface area contributed by atoms with Gasteiger partial charge in [0.25, 0.3) is 0 Å². The number of hydrogen-bond acceptors (Lipinski definition) is 0. The summed E-state index contributed by atoms with van der Waals surface area (Å²) in [4.78, 5) is -0.461. The minimum absolute atomic E-state index is 0.461. The van der Waals surface area contributed by atoms with Gasteiger partial charge in [-0.15, -0.1) is 23.2 Å². The zero-order chi connectivity index (χ0) is 5.86. The van der Waals surface area contributed by atoms with Gasteiger partial charge in [0.05, 0.1) is 0 Å². The SMILES string of the molecule is C/C(=C\Cl)C(Cl)Cl. The molecular formula is C4H5Cl3. The third kappa shape index (κ3) is 3.22. The Balaban J connectivity index is 3.56. The first-order valence-electron chi connectivity index (χ1n) is 1.73. The van der Waals surface area contributed by atoms with E-state index in [4.69, 9.17) is 34.8 Å². The van der Waals surface area contributed by atoms with E-state index in [-0.39, 0.29) is 0 Å². The molecule has 0 unspecified atom stereocenters. The Labute approximate surface area is 58.1 Å². The van der Waals surface area contributed by atoms with Crippen molar-refractivity contribution in [3.8, 4) is 0 Å². The summed E-state index contributed by atoms with van der Waals surface area (Å²) in [7, 11) is 0. The van der Waals surface area contributed by atoms with E-state index in [9.17, 15) is 0 Å². The number of rotatable bonds is 1. The molecule has 0 aromatic carbocycles. The summed E-state index contributed by atoms with van der Waals surface area (Å²) in [6.07, 6.45) is 0. The standard InChI is InChI=1S/C4H5Cl3/c1-3(2-5)4(6)7/h2,4H,1H3/b3-2+. The molecule has 42 valence electrons. The van der Waals surface area contributed by atoms with Gasteiger partial charge in [-0.1, -0.05) is 11.6 Å². The molecular weight excluding hydrogens is 154 g/mol. The van der Waals surface area contributed by atoms with Gasteiger partial charge in [-0.05, 0) is 12.5 Å². The largest absolute Gasteiger partial charge is 0.129 e. The summed E-state index contributed by atoms with van der Waals surface area (Å²) in [5, 5.41) is 0. The van der Waals surface area contributed by atoms with Crippen LogP contribution in [0.25, 0.3) is 0 Å². The predicted molar refractivity (Wildman–Crippen MR) is 35.1 cm³/mol. The highest BCUT2D eigenvalue weighted by Crippen LogP contribution is 2.13. The lowest BCUT2D eigenvalue weighted by molar-refractivity contribution is 1.34. The first-order valence-corrected chi connectivity index (χ1v) is 3.04. The van der Waals surface area contributed by atoms with Gasteiger partial charge in [0.2, 0.25) is 0 Å². The van der Waals surface area contributed by atoms with E-state index in [1.54, 1.807) is 6.92 Å². The first kappa shape index (κ1) is 7.61.